The van der Waals surface area contributed by atoms with Gasteiger partial charge in [-0.25, -0.2) is 19.8 Å². The number of benzene rings is 1. The lowest BCUT2D eigenvalue weighted by molar-refractivity contribution is 0.0822. The number of rotatable bonds is 3. The Morgan fingerprint density at radius 1 is 1.03 bits per heavy atom. The summed E-state index contributed by atoms with van der Waals surface area (Å²) in [6.07, 6.45) is 3.93. The van der Waals surface area contributed by atoms with Gasteiger partial charge < -0.3 is 14.7 Å². The average molecular weight is 407 g/mol. The van der Waals surface area contributed by atoms with Crippen molar-refractivity contribution in [2.75, 3.05) is 45.2 Å². The molecule has 2 aliphatic rings. The molecule has 9 heteroatoms. The van der Waals surface area contributed by atoms with Gasteiger partial charge in [0.15, 0.2) is 0 Å². The standard InChI is InChI=1S/C21H25N7O2/c1-25(2)20(29)17-14-19(23-15-22-17)26-10-12-27(13-11-26)21(30)28-18(8-9-24-28)16-6-4-3-5-7-16/h3-7,9,14-15,18H,8,10-13H2,1-2H3. The monoisotopic (exact) mass is 407 g/mol. The topological polar surface area (TPSA) is 85.2 Å². The van der Waals surface area contributed by atoms with Gasteiger partial charge in [0, 0.05) is 59.0 Å². The first-order chi connectivity index (χ1) is 14.5. The van der Waals surface area contributed by atoms with Crippen LogP contribution < -0.4 is 4.90 Å². The summed E-state index contributed by atoms with van der Waals surface area (Å²) in [5.41, 5.74) is 1.45. The minimum absolute atomic E-state index is 0.0572. The van der Waals surface area contributed by atoms with Crippen molar-refractivity contribution in [1.29, 1.82) is 0 Å². The van der Waals surface area contributed by atoms with E-state index in [4.69, 9.17) is 0 Å². The largest absolute Gasteiger partial charge is 0.353 e. The molecule has 0 saturated carbocycles. The van der Waals surface area contributed by atoms with E-state index in [1.54, 1.807) is 31.4 Å². The van der Waals surface area contributed by atoms with Crippen LogP contribution in [0, 0.1) is 0 Å². The number of hydrazone groups is 1. The number of aromatic nitrogens is 2. The number of hydrogen-bond donors (Lipinski definition) is 0. The van der Waals surface area contributed by atoms with Crippen LogP contribution in [0.25, 0.3) is 0 Å². The fraction of sp³-hybridized carbons (Fsp3) is 0.381. The molecule has 2 aliphatic heterocycles. The van der Waals surface area contributed by atoms with Crippen LogP contribution in [0.15, 0.2) is 47.8 Å². The minimum atomic E-state index is -0.161. The molecule has 0 bridgehead atoms. The van der Waals surface area contributed by atoms with Gasteiger partial charge in [-0.15, -0.1) is 0 Å². The summed E-state index contributed by atoms with van der Waals surface area (Å²) in [4.78, 5) is 39.0. The SMILES string of the molecule is CN(C)C(=O)c1cc(N2CCN(C(=O)N3N=CCC3c3ccccc3)CC2)ncn1. The Balaban J connectivity index is 1.40. The summed E-state index contributed by atoms with van der Waals surface area (Å²) in [5.74, 6) is 0.537. The van der Waals surface area contributed by atoms with Crippen LogP contribution >= 0.6 is 0 Å². The van der Waals surface area contributed by atoms with Crippen molar-refractivity contribution in [3.63, 3.8) is 0 Å². The minimum Gasteiger partial charge on any atom is -0.353 e. The van der Waals surface area contributed by atoms with E-state index in [1.165, 1.54) is 11.2 Å². The zero-order chi connectivity index (χ0) is 21.1. The molecular weight excluding hydrogens is 382 g/mol. The number of piperazine rings is 1. The molecule has 9 nitrogen and oxygen atoms in total. The van der Waals surface area contributed by atoms with Gasteiger partial charge in [0.1, 0.15) is 17.8 Å². The van der Waals surface area contributed by atoms with Crippen LogP contribution in [0.1, 0.15) is 28.5 Å². The van der Waals surface area contributed by atoms with Crippen molar-refractivity contribution in [2.45, 2.75) is 12.5 Å². The fourth-order valence-electron chi connectivity index (χ4n) is 3.69. The molecule has 0 N–H and O–H groups in total. The van der Waals surface area contributed by atoms with Crippen molar-refractivity contribution >= 4 is 24.0 Å². The molecule has 0 radical (unpaired) electrons. The summed E-state index contributed by atoms with van der Waals surface area (Å²) in [7, 11) is 3.39. The Morgan fingerprint density at radius 2 is 1.77 bits per heavy atom. The van der Waals surface area contributed by atoms with Crippen molar-refractivity contribution in [2.24, 2.45) is 5.10 Å². The molecule has 2 aromatic rings. The van der Waals surface area contributed by atoms with Crippen LogP contribution in [0.4, 0.5) is 10.6 Å². The van der Waals surface area contributed by atoms with E-state index in [2.05, 4.69) is 20.0 Å². The molecule has 0 spiro atoms. The Hall–Kier alpha value is -3.49. The molecule has 1 saturated heterocycles. The highest BCUT2D eigenvalue weighted by molar-refractivity contribution is 5.92. The maximum absolute atomic E-state index is 13.1. The summed E-state index contributed by atoms with van der Waals surface area (Å²) < 4.78 is 0. The van der Waals surface area contributed by atoms with E-state index in [1.807, 2.05) is 35.2 Å². The molecule has 1 aromatic heterocycles. The summed E-state index contributed by atoms with van der Waals surface area (Å²) in [5, 5.41) is 5.92. The van der Waals surface area contributed by atoms with Gasteiger partial charge in [-0.05, 0) is 5.56 Å². The van der Waals surface area contributed by atoms with Gasteiger partial charge in [-0.3, -0.25) is 4.79 Å². The van der Waals surface area contributed by atoms with Gasteiger partial charge >= 0.3 is 6.03 Å². The van der Waals surface area contributed by atoms with E-state index in [0.717, 1.165) is 12.0 Å². The van der Waals surface area contributed by atoms with E-state index >= 15 is 0 Å². The molecule has 3 heterocycles. The number of carbonyl (C=O) groups is 2. The first-order valence-corrected chi connectivity index (χ1v) is 9.99. The summed E-state index contributed by atoms with van der Waals surface area (Å²) >= 11 is 0. The molecule has 1 fully saturated rings. The molecule has 3 amide bonds. The normalized spacial score (nSPS) is 18.6. The van der Waals surface area contributed by atoms with Gasteiger partial charge in [-0.2, -0.15) is 5.10 Å². The molecule has 1 unspecified atom stereocenters. The quantitative estimate of drug-likeness (QED) is 0.775. The zero-order valence-electron chi connectivity index (χ0n) is 17.2. The second kappa shape index (κ2) is 8.48. The fourth-order valence-corrected chi connectivity index (χ4v) is 3.69. The van der Waals surface area contributed by atoms with Crippen molar-refractivity contribution < 1.29 is 9.59 Å². The first kappa shape index (κ1) is 19.8. The number of nitrogens with zero attached hydrogens (tertiary/aromatic N) is 7. The second-order valence-electron chi connectivity index (χ2n) is 7.52. The third kappa shape index (κ3) is 3.96. The predicted octanol–water partition coefficient (Wildman–Crippen LogP) is 1.85. The highest BCUT2D eigenvalue weighted by Gasteiger charge is 2.33. The highest BCUT2D eigenvalue weighted by atomic mass is 16.2. The molecule has 1 atom stereocenters. The molecular formula is C21H25N7O2. The van der Waals surface area contributed by atoms with Gasteiger partial charge in [0.2, 0.25) is 0 Å². The van der Waals surface area contributed by atoms with Crippen LogP contribution in [0.2, 0.25) is 0 Å². The maximum atomic E-state index is 13.1. The van der Waals surface area contributed by atoms with Crippen molar-refractivity contribution in [3.8, 4) is 0 Å². The highest BCUT2D eigenvalue weighted by Crippen LogP contribution is 2.29. The van der Waals surface area contributed by atoms with Crippen LogP contribution in [-0.4, -0.2) is 83.2 Å². The number of amides is 3. The molecule has 1 aromatic carbocycles. The van der Waals surface area contributed by atoms with Crippen LogP contribution in [-0.2, 0) is 0 Å². The third-order valence-electron chi connectivity index (χ3n) is 5.36. The van der Waals surface area contributed by atoms with E-state index in [9.17, 15) is 9.59 Å². The lowest BCUT2D eigenvalue weighted by Crippen LogP contribution is -2.52. The molecule has 0 aliphatic carbocycles. The number of carbonyl (C=O) groups excluding carboxylic acids is 2. The predicted molar refractivity (Wildman–Crippen MR) is 113 cm³/mol. The van der Waals surface area contributed by atoms with Crippen LogP contribution in [0.5, 0.6) is 0 Å². The third-order valence-corrected chi connectivity index (χ3v) is 5.36. The Labute approximate surface area is 175 Å². The van der Waals surface area contributed by atoms with Gasteiger partial charge in [0.05, 0.1) is 6.04 Å². The second-order valence-corrected chi connectivity index (χ2v) is 7.52. The Bertz CT molecular complexity index is 939. The van der Waals surface area contributed by atoms with Gasteiger partial charge in [-0.1, -0.05) is 30.3 Å². The lowest BCUT2D eigenvalue weighted by atomic mass is 10.1. The van der Waals surface area contributed by atoms with Crippen molar-refractivity contribution in [1.82, 2.24) is 24.8 Å². The lowest BCUT2D eigenvalue weighted by Gasteiger charge is -2.37. The Kier molecular flexibility index (Phi) is 5.60. The van der Waals surface area contributed by atoms with E-state index in [0.29, 0.717) is 37.7 Å². The first-order valence-electron chi connectivity index (χ1n) is 9.99. The number of hydrogen-bond acceptors (Lipinski definition) is 6. The number of anilines is 1. The molecule has 156 valence electrons. The van der Waals surface area contributed by atoms with E-state index in [-0.39, 0.29) is 18.0 Å². The van der Waals surface area contributed by atoms with Gasteiger partial charge in [0.25, 0.3) is 5.91 Å². The zero-order valence-corrected chi connectivity index (χ0v) is 17.2. The molecule has 30 heavy (non-hydrogen) atoms. The van der Waals surface area contributed by atoms with Crippen LogP contribution in [0.3, 0.4) is 0 Å². The summed E-state index contributed by atoms with van der Waals surface area (Å²) in [6.45, 7) is 2.39. The smallest absolute Gasteiger partial charge is 0.341 e. The maximum Gasteiger partial charge on any atom is 0.341 e. The Morgan fingerprint density at radius 3 is 2.47 bits per heavy atom. The molecule has 4 rings (SSSR count). The summed E-state index contributed by atoms with van der Waals surface area (Å²) in [6, 6.07) is 11.5. The average Bonchev–Trinajstić information content (AvgIpc) is 3.29. The number of urea groups is 1. The van der Waals surface area contributed by atoms with E-state index < -0.39 is 0 Å². The van der Waals surface area contributed by atoms with Crippen molar-refractivity contribution in [3.05, 3.63) is 54.0 Å².